The van der Waals surface area contributed by atoms with Crippen molar-refractivity contribution in [2.75, 3.05) is 11.5 Å². The Hall–Kier alpha value is -2.09. The minimum atomic E-state index is -3.63. The summed E-state index contributed by atoms with van der Waals surface area (Å²) in [7, 11) is -3.63. The van der Waals surface area contributed by atoms with Gasteiger partial charge in [-0.05, 0) is 32.0 Å². The lowest BCUT2D eigenvalue weighted by Gasteiger charge is -2.07. The van der Waals surface area contributed by atoms with Crippen molar-refractivity contribution in [3.8, 4) is 0 Å². The van der Waals surface area contributed by atoms with E-state index in [1.54, 1.807) is 18.2 Å². The number of rotatable bonds is 5. The zero-order chi connectivity index (χ0) is 15.6. The monoisotopic (exact) mass is 310 g/mol. The number of sulfone groups is 1. The number of hydrogen-bond acceptors (Lipinski definition) is 5. The highest BCUT2D eigenvalue weighted by Crippen LogP contribution is 2.18. The molecule has 0 atom stereocenters. The van der Waals surface area contributed by atoms with Crippen molar-refractivity contribution >= 4 is 32.5 Å². The van der Waals surface area contributed by atoms with Crippen molar-refractivity contribution in [2.24, 2.45) is 0 Å². The van der Waals surface area contributed by atoms with Crippen LogP contribution in [0.2, 0.25) is 0 Å². The fourth-order valence-corrected chi connectivity index (χ4v) is 3.02. The van der Waals surface area contributed by atoms with Gasteiger partial charge >= 0.3 is 0 Å². The molecule has 0 spiro atoms. The molecule has 7 nitrogen and oxygen atoms in total. The summed E-state index contributed by atoms with van der Waals surface area (Å²) in [6.45, 7) is 3.63. The predicted octanol–water partition coefficient (Wildman–Crippen LogP) is 0.833. The Morgan fingerprint density at radius 3 is 2.81 bits per heavy atom. The van der Waals surface area contributed by atoms with Crippen LogP contribution in [-0.4, -0.2) is 36.1 Å². The highest BCUT2D eigenvalue weighted by atomic mass is 32.2. The summed E-state index contributed by atoms with van der Waals surface area (Å²) >= 11 is 0. The Morgan fingerprint density at radius 1 is 1.43 bits per heavy atom. The SMILES string of the molecule is CC(C)NC(=O)CCS(=O)(=O)c1nc2ccc(N)cc2[nH]1. The Balaban J connectivity index is 2.16. The van der Waals surface area contributed by atoms with Gasteiger partial charge in [0.1, 0.15) is 0 Å². The smallest absolute Gasteiger partial charge is 0.226 e. The van der Waals surface area contributed by atoms with Gasteiger partial charge in [-0.15, -0.1) is 0 Å². The van der Waals surface area contributed by atoms with E-state index in [2.05, 4.69) is 15.3 Å². The number of nitrogen functional groups attached to an aromatic ring is 1. The molecule has 0 aliphatic heterocycles. The maximum absolute atomic E-state index is 12.2. The largest absolute Gasteiger partial charge is 0.399 e. The maximum atomic E-state index is 12.2. The predicted molar refractivity (Wildman–Crippen MR) is 80.5 cm³/mol. The van der Waals surface area contributed by atoms with Crippen LogP contribution in [0.4, 0.5) is 5.69 Å². The molecule has 2 rings (SSSR count). The minimum absolute atomic E-state index is 0.0191. The normalized spacial score (nSPS) is 12.0. The van der Waals surface area contributed by atoms with Crippen LogP contribution < -0.4 is 11.1 Å². The topological polar surface area (TPSA) is 118 Å². The van der Waals surface area contributed by atoms with E-state index in [-0.39, 0.29) is 29.3 Å². The number of hydrogen-bond donors (Lipinski definition) is 3. The number of aromatic amines is 1. The van der Waals surface area contributed by atoms with Gasteiger partial charge in [0.15, 0.2) is 0 Å². The first-order chi connectivity index (χ1) is 9.78. The Labute approximate surface area is 122 Å². The van der Waals surface area contributed by atoms with E-state index in [9.17, 15) is 13.2 Å². The Kier molecular flexibility index (Phi) is 4.17. The van der Waals surface area contributed by atoms with Gasteiger partial charge < -0.3 is 16.0 Å². The lowest BCUT2D eigenvalue weighted by atomic mass is 10.3. The number of H-pyrrole nitrogens is 1. The summed E-state index contributed by atoms with van der Waals surface area (Å²) in [4.78, 5) is 18.3. The number of aromatic nitrogens is 2. The molecule has 1 aromatic heterocycles. The molecule has 0 radical (unpaired) electrons. The van der Waals surface area contributed by atoms with Crippen molar-refractivity contribution in [3.05, 3.63) is 18.2 Å². The molecule has 2 aromatic rings. The van der Waals surface area contributed by atoms with Gasteiger partial charge in [-0.1, -0.05) is 0 Å². The number of nitrogens with two attached hydrogens (primary N) is 1. The Morgan fingerprint density at radius 2 is 2.14 bits per heavy atom. The zero-order valence-electron chi connectivity index (χ0n) is 11.9. The van der Waals surface area contributed by atoms with Gasteiger partial charge in [-0.2, -0.15) is 0 Å². The van der Waals surface area contributed by atoms with E-state index < -0.39 is 9.84 Å². The van der Waals surface area contributed by atoms with Gasteiger partial charge in [0.05, 0.1) is 16.8 Å². The number of imidazole rings is 1. The molecule has 1 heterocycles. The van der Waals surface area contributed by atoms with Crippen LogP contribution in [-0.2, 0) is 14.6 Å². The van der Waals surface area contributed by atoms with E-state index in [1.807, 2.05) is 13.8 Å². The number of carbonyl (C=O) groups is 1. The quantitative estimate of drug-likeness (QED) is 0.707. The first-order valence-electron chi connectivity index (χ1n) is 6.55. The molecular formula is C13H18N4O3S. The third-order valence-electron chi connectivity index (χ3n) is 2.83. The number of fused-ring (bicyclic) bond motifs is 1. The fourth-order valence-electron chi connectivity index (χ4n) is 1.87. The number of nitrogens with zero attached hydrogens (tertiary/aromatic N) is 1. The van der Waals surface area contributed by atoms with E-state index >= 15 is 0 Å². The molecule has 114 valence electrons. The number of benzene rings is 1. The third-order valence-corrected chi connectivity index (χ3v) is 4.35. The summed E-state index contributed by atoms with van der Waals surface area (Å²) < 4.78 is 24.3. The van der Waals surface area contributed by atoms with Gasteiger partial charge in [-0.3, -0.25) is 4.79 Å². The maximum Gasteiger partial charge on any atom is 0.226 e. The zero-order valence-corrected chi connectivity index (χ0v) is 12.7. The van der Waals surface area contributed by atoms with E-state index in [4.69, 9.17) is 5.73 Å². The summed E-state index contributed by atoms with van der Waals surface area (Å²) in [6, 6.07) is 4.89. The highest BCUT2D eigenvalue weighted by Gasteiger charge is 2.20. The summed E-state index contributed by atoms with van der Waals surface area (Å²) in [6.07, 6.45) is -0.0975. The number of amides is 1. The van der Waals surface area contributed by atoms with Crippen LogP contribution in [0.5, 0.6) is 0 Å². The lowest BCUT2D eigenvalue weighted by Crippen LogP contribution is -2.31. The fraction of sp³-hybridized carbons (Fsp3) is 0.385. The van der Waals surface area contributed by atoms with Crippen LogP contribution >= 0.6 is 0 Å². The van der Waals surface area contributed by atoms with E-state index in [0.717, 1.165) is 0 Å². The molecule has 1 amide bonds. The van der Waals surface area contributed by atoms with Gasteiger partial charge in [0.2, 0.25) is 20.9 Å². The highest BCUT2D eigenvalue weighted by molar-refractivity contribution is 7.91. The lowest BCUT2D eigenvalue weighted by molar-refractivity contribution is -0.121. The van der Waals surface area contributed by atoms with Crippen LogP contribution in [0.25, 0.3) is 11.0 Å². The van der Waals surface area contributed by atoms with Crippen LogP contribution in [0.3, 0.4) is 0 Å². The number of nitrogens with one attached hydrogen (secondary N) is 2. The van der Waals surface area contributed by atoms with E-state index in [0.29, 0.717) is 16.7 Å². The Bertz CT molecular complexity index is 765. The van der Waals surface area contributed by atoms with Crippen molar-refractivity contribution in [1.82, 2.24) is 15.3 Å². The molecule has 0 saturated carbocycles. The van der Waals surface area contributed by atoms with E-state index in [1.165, 1.54) is 0 Å². The van der Waals surface area contributed by atoms with Crippen molar-refractivity contribution in [1.29, 1.82) is 0 Å². The summed E-state index contributed by atoms with van der Waals surface area (Å²) in [5, 5.41) is 2.51. The molecule has 4 N–H and O–H groups in total. The van der Waals surface area contributed by atoms with Gasteiger partial charge in [-0.25, -0.2) is 13.4 Å². The van der Waals surface area contributed by atoms with Crippen molar-refractivity contribution in [3.63, 3.8) is 0 Å². The molecule has 8 heteroatoms. The summed E-state index contributed by atoms with van der Waals surface area (Å²) in [5.41, 5.74) is 7.23. The van der Waals surface area contributed by atoms with Crippen LogP contribution in [0.15, 0.2) is 23.4 Å². The second kappa shape index (κ2) is 5.72. The molecule has 21 heavy (non-hydrogen) atoms. The standard InChI is InChI=1S/C13H18N4O3S/c1-8(2)15-12(18)5-6-21(19,20)13-16-10-4-3-9(14)7-11(10)17-13/h3-4,7-8H,5-6,14H2,1-2H3,(H,15,18)(H,16,17). The molecule has 0 fully saturated rings. The second-order valence-electron chi connectivity index (χ2n) is 5.11. The first-order valence-corrected chi connectivity index (χ1v) is 8.20. The van der Waals surface area contributed by atoms with Crippen molar-refractivity contribution < 1.29 is 13.2 Å². The van der Waals surface area contributed by atoms with Gasteiger partial charge in [0.25, 0.3) is 0 Å². The molecule has 0 aliphatic rings. The van der Waals surface area contributed by atoms with Crippen molar-refractivity contribution in [2.45, 2.75) is 31.5 Å². The van der Waals surface area contributed by atoms with Crippen LogP contribution in [0, 0.1) is 0 Å². The third kappa shape index (κ3) is 3.72. The molecule has 0 saturated heterocycles. The molecule has 0 bridgehead atoms. The van der Waals surface area contributed by atoms with Crippen LogP contribution in [0.1, 0.15) is 20.3 Å². The molecule has 0 aliphatic carbocycles. The molecule has 0 unspecified atom stereocenters. The molecular weight excluding hydrogens is 292 g/mol. The number of carbonyl (C=O) groups excluding carboxylic acids is 1. The minimum Gasteiger partial charge on any atom is -0.399 e. The first kappa shape index (κ1) is 15.3. The number of anilines is 1. The average molecular weight is 310 g/mol. The average Bonchev–Trinajstić information content (AvgIpc) is 2.79. The molecule has 1 aromatic carbocycles. The van der Waals surface area contributed by atoms with Gasteiger partial charge in [0, 0.05) is 18.2 Å². The second-order valence-corrected chi connectivity index (χ2v) is 7.13. The summed E-state index contributed by atoms with van der Waals surface area (Å²) in [5.74, 6) is -0.588.